The molecule has 2 heterocycles. The molecule has 1 N–H and O–H groups in total. The van der Waals surface area contributed by atoms with E-state index < -0.39 is 0 Å². The van der Waals surface area contributed by atoms with E-state index in [0.717, 1.165) is 10.3 Å². The highest BCUT2D eigenvalue weighted by Crippen LogP contribution is 2.41. The summed E-state index contributed by atoms with van der Waals surface area (Å²) in [6.07, 6.45) is 3.06. The number of carbonyl (C=O) groups is 1. The topological polar surface area (TPSA) is 59.8 Å². The maximum Gasteiger partial charge on any atom is 0.263 e. The molecule has 9 heteroatoms. The molecule has 0 radical (unpaired) electrons. The first kappa shape index (κ1) is 19.2. The van der Waals surface area contributed by atoms with E-state index in [1.807, 2.05) is 30.3 Å². The highest BCUT2D eigenvalue weighted by Gasteiger charge is 2.23. The van der Waals surface area contributed by atoms with Crippen molar-refractivity contribution in [1.29, 1.82) is 0 Å². The number of amides is 1. The van der Waals surface area contributed by atoms with Crippen LogP contribution >= 0.6 is 46.1 Å². The molecule has 0 aliphatic carbocycles. The molecule has 1 unspecified atom stereocenters. The summed E-state index contributed by atoms with van der Waals surface area (Å²) in [5.41, 5.74) is 0.949. The average Bonchev–Trinajstić information content (AvgIpc) is 3.29. The smallest absolute Gasteiger partial charge is 0.263 e. The predicted molar refractivity (Wildman–Crippen MR) is 114 cm³/mol. The van der Waals surface area contributed by atoms with Gasteiger partial charge >= 0.3 is 0 Å². The summed E-state index contributed by atoms with van der Waals surface area (Å²) in [5.74, 6) is -0.285. The minimum atomic E-state index is -0.310. The van der Waals surface area contributed by atoms with Gasteiger partial charge in [-0.2, -0.15) is 5.10 Å². The van der Waals surface area contributed by atoms with Crippen LogP contribution in [0.5, 0.6) is 0 Å². The summed E-state index contributed by atoms with van der Waals surface area (Å²) in [5, 5.41) is 9.06. The van der Waals surface area contributed by atoms with E-state index in [0.29, 0.717) is 31.9 Å². The van der Waals surface area contributed by atoms with Crippen LogP contribution in [0.2, 0.25) is 15.1 Å². The Morgan fingerprint density at radius 2 is 1.96 bits per heavy atom. The molecule has 0 bridgehead atoms. The molecular weight excluding hydrogens is 439 g/mol. The van der Waals surface area contributed by atoms with Crippen molar-refractivity contribution in [3.05, 3.63) is 80.6 Å². The van der Waals surface area contributed by atoms with Gasteiger partial charge in [0.05, 0.1) is 22.6 Å². The van der Waals surface area contributed by atoms with Gasteiger partial charge in [-0.1, -0.05) is 65.1 Å². The maximum atomic E-state index is 13.0. The molecule has 4 aromatic rings. The van der Waals surface area contributed by atoms with E-state index in [1.165, 1.54) is 17.7 Å². The third kappa shape index (κ3) is 3.86. The number of nitrogens with zero attached hydrogens (tertiary/aromatic N) is 3. The molecule has 2 aromatic carbocycles. The first-order valence-electron chi connectivity index (χ1n) is 8.28. The van der Waals surface area contributed by atoms with Crippen LogP contribution in [0.3, 0.4) is 0 Å². The fraction of sp³-hybridized carbons (Fsp3) is 0.105. The van der Waals surface area contributed by atoms with Gasteiger partial charge in [0.1, 0.15) is 17.5 Å². The summed E-state index contributed by atoms with van der Waals surface area (Å²) in [7, 11) is 0. The minimum Gasteiger partial charge on any atom is -0.343 e. The van der Waals surface area contributed by atoms with Gasteiger partial charge in [0.2, 0.25) is 0 Å². The Kier molecular flexibility index (Phi) is 5.55. The van der Waals surface area contributed by atoms with E-state index >= 15 is 0 Å². The average molecular weight is 452 g/mol. The second-order valence-electron chi connectivity index (χ2n) is 6.06. The normalized spacial score (nSPS) is 12.2. The summed E-state index contributed by atoms with van der Waals surface area (Å²) in [6.45, 7) is 0.435. The lowest BCUT2D eigenvalue weighted by atomic mass is 10.1. The van der Waals surface area contributed by atoms with Gasteiger partial charge in [0.15, 0.2) is 0 Å². The van der Waals surface area contributed by atoms with E-state index in [4.69, 9.17) is 34.8 Å². The molecule has 0 spiro atoms. The Bertz CT molecular complexity index is 1130. The molecule has 0 fully saturated rings. The van der Waals surface area contributed by atoms with E-state index in [-0.39, 0.29) is 11.9 Å². The molecule has 0 aliphatic rings. The van der Waals surface area contributed by atoms with E-state index in [9.17, 15) is 4.79 Å². The molecule has 28 heavy (non-hydrogen) atoms. The van der Waals surface area contributed by atoms with Gasteiger partial charge in [0, 0.05) is 15.1 Å². The molecule has 4 rings (SSSR count). The first-order chi connectivity index (χ1) is 13.5. The number of hydrogen-bond acceptors (Lipinski definition) is 4. The SMILES string of the molecule is O=C(NC(Cn1cncn1)c1ccccc1)c1sc2cc(Cl)cc(Cl)c2c1Cl. The molecule has 0 saturated carbocycles. The van der Waals surface area contributed by atoms with Crippen LogP contribution in [0.15, 0.2) is 55.1 Å². The fourth-order valence-corrected chi connectivity index (χ4v) is 5.20. The van der Waals surface area contributed by atoms with Crippen LogP contribution in [0.4, 0.5) is 0 Å². The lowest BCUT2D eigenvalue weighted by Gasteiger charge is -2.19. The second-order valence-corrected chi connectivity index (χ2v) is 8.33. The van der Waals surface area contributed by atoms with Crippen LogP contribution in [-0.4, -0.2) is 20.7 Å². The molecule has 1 atom stereocenters. The zero-order chi connectivity index (χ0) is 19.7. The van der Waals surface area contributed by atoms with Gasteiger partial charge in [-0.05, 0) is 17.7 Å². The second kappa shape index (κ2) is 8.09. The van der Waals surface area contributed by atoms with Crippen molar-refractivity contribution in [3.63, 3.8) is 0 Å². The Balaban J connectivity index is 1.67. The molecule has 2 aromatic heterocycles. The molecule has 1 amide bonds. The number of rotatable bonds is 5. The van der Waals surface area contributed by atoms with Crippen molar-refractivity contribution in [2.24, 2.45) is 0 Å². The largest absolute Gasteiger partial charge is 0.343 e. The van der Waals surface area contributed by atoms with Crippen LogP contribution in [0.1, 0.15) is 21.3 Å². The first-order valence-corrected chi connectivity index (χ1v) is 10.2. The molecule has 0 saturated heterocycles. The van der Waals surface area contributed by atoms with Crippen LogP contribution in [0.25, 0.3) is 10.1 Å². The van der Waals surface area contributed by atoms with Crippen molar-refractivity contribution < 1.29 is 4.79 Å². The number of benzene rings is 2. The Labute approximate surface area is 179 Å². The number of halogens is 3. The Morgan fingerprint density at radius 1 is 1.18 bits per heavy atom. The standard InChI is InChI=1S/C19H13Cl3N4OS/c20-12-6-13(21)16-15(7-12)28-18(17(16)22)19(27)25-14(8-26-10-23-9-24-26)11-4-2-1-3-5-11/h1-7,9-10,14H,8H2,(H,25,27). The van der Waals surface area contributed by atoms with Gasteiger partial charge in [0.25, 0.3) is 5.91 Å². The van der Waals surface area contributed by atoms with Gasteiger partial charge in [-0.15, -0.1) is 11.3 Å². The number of carbonyl (C=O) groups excluding carboxylic acids is 1. The number of thiophene rings is 1. The number of hydrogen-bond donors (Lipinski definition) is 1. The monoisotopic (exact) mass is 450 g/mol. The van der Waals surface area contributed by atoms with Crippen LogP contribution < -0.4 is 5.32 Å². The number of aromatic nitrogens is 3. The fourth-order valence-electron chi connectivity index (χ4n) is 2.92. The van der Waals surface area contributed by atoms with Crippen LogP contribution in [0, 0.1) is 0 Å². The zero-order valence-corrected chi connectivity index (χ0v) is 17.4. The lowest BCUT2D eigenvalue weighted by molar-refractivity contribution is 0.0936. The number of nitrogens with one attached hydrogen (secondary N) is 1. The zero-order valence-electron chi connectivity index (χ0n) is 14.3. The Morgan fingerprint density at radius 3 is 2.68 bits per heavy atom. The van der Waals surface area contributed by atoms with Gasteiger partial charge in [-0.3, -0.25) is 9.48 Å². The van der Waals surface area contributed by atoms with Crippen molar-refractivity contribution in [3.8, 4) is 0 Å². The summed E-state index contributed by atoms with van der Waals surface area (Å²) < 4.78 is 2.43. The predicted octanol–water partition coefficient (Wildman–Crippen LogP) is 5.62. The molecule has 0 aliphatic heterocycles. The maximum absolute atomic E-state index is 13.0. The summed E-state index contributed by atoms with van der Waals surface area (Å²) in [6, 6.07) is 12.7. The number of fused-ring (bicyclic) bond motifs is 1. The quantitative estimate of drug-likeness (QED) is 0.428. The lowest BCUT2D eigenvalue weighted by Crippen LogP contribution is -2.31. The van der Waals surface area contributed by atoms with E-state index in [2.05, 4.69) is 15.4 Å². The van der Waals surface area contributed by atoms with Crippen molar-refractivity contribution in [1.82, 2.24) is 20.1 Å². The summed E-state index contributed by atoms with van der Waals surface area (Å²) >= 11 is 20.1. The Hall–Kier alpha value is -2.12. The molecular formula is C19H13Cl3N4OS. The third-order valence-corrected chi connectivity index (χ3v) is 6.34. The van der Waals surface area contributed by atoms with Crippen molar-refractivity contribution in [2.75, 3.05) is 0 Å². The van der Waals surface area contributed by atoms with Crippen molar-refractivity contribution in [2.45, 2.75) is 12.6 Å². The van der Waals surface area contributed by atoms with Gasteiger partial charge in [-0.25, -0.2) is 4.98 Å². The summed E-state index contributed by atoms with van der Waals surface area (Å²) in [4.78, 5) is 17.4. The van der Waals surface area contributed by atoms with Gasteiger partial charge < -0.3 is 5.32 Å². The third-order valence-electron chi connectivity index (χ3n) is 4.20. The highest BCUT2D eigenvalue weighted by molar-refractivity contribution is 7.21. The highest BCUT2D eigenvalue weighted by atomic mass is 35.5. The minimum absolute atomic E-state index is 0.285. The molecule has 142 valence electrons. The molecule has 5 nitrogen and oxygen atoms in total. The van der Waals surface area contributed by atoms with Crippen molar-refractivity contribution >= 4 is 62.1 Å². The van der Waals surface area contributed by atoms with Crippen LogP contribution in [-0.2, 0) is 6.54 Å². The van der Waals surface area contributed by atoms with E-state index in [1.54, 1.807) is 23.1 Å².